The van der Waals surface area contributed by atoms with E-state index in [2.05, 4.69) is 0 Å². The minimum absolute atomic E-state index is 0.0830. The predicted octanol–water partition coefficient (Wildman–Crippen LogP) is 7.66. The molecule has 0 radical (unpaired) electrons. The van der Waals surface area contributed by atoms with E-state index in [4.69, 9.17) is 4.74 Å². The lowest BCUT2D eigenvalue weighted by atomic mass is 9.89. The number of carboxylic acids is 1. The van der Waals surface area contributed by atoms with Crippen molar-refractivity contribution in [2.75, 3.05) is 0 Å². The van der Waals surface area contributed by atoms with E-state index in [0.717, 1.165) is 18.6 Å². The van der Waals surface area contributed by atoms with Crippen LogP contribution in [0.4, 0.5) is 17.6 Å². The van der Waals surface area contributed by atoms with Crippen molar-refractivity contribution in [1.82, 2.24) is 0 Å². The summed E-state index contributed by atoms with van der Waals surface area (Å²) < 4.78 is 57.9. The highest BCUT2D eigenvalue weighted by Gasteiger charge is 2.30. The Hall–Kier alpha value is -3.35. The molecule has 0 saturated carbocycles. The Morgan fingerprint density at radius 2 is 1.59 bits per heavy atom. The molecule has 0 fully saturated rings. The van der Waals surface area contributed by atoms with Crippen molar-refractivity contribution in [2.24, 2.45) is 0 Å². The number of rotatable bonds is 8. The van der Waals surface area contributed by atoms with Gasteiger partial charge in [-0.25, -0.2) is 4.39 Å². The third-order valence-corrected chi connectivity index (χ3v) is 5.05. The maximum atomic E-state index is 13.2. The molecule has 0 aliphatic carbocycles. The molecule has 0 bridgehead atoms. The summed E-state index contributed by atoms with van der Waals surface area (Å²) in [5.41, 5.74) is 1.09. The largest absolute Gasteiger partial charge is 0.481 e. The van der Waals surface area contributed by atoms with Crippen molar-refractivity contribution >= 4 is 5.97 Å². The van der Waals surface area contributed by atoms with Crippen LogP contribution in [0.15, 0.2) is 66.7 Å². The molecule has 7 heteroatoms. The fourth-order valence-electron chi connectivity index (χ4n) is 3.52. The Labute approximate surface area is 183 Å². The third-order valence-electron chi connectivity index (χ3n) is 5.05. The Morgan fingerprint density at radius 3 is 2.16 bits per heavy atom. The monoisotopic (exact) mass is 446 g/mol. The average molecular weight is 446 g/mol. The van der Waals surface area contributed by atoms with Crippen LogP contribution in [0.1, 0.15) is 43.2 Å². The first kappa shape index (κ1) is 23.3. The van der Waals surface area contributed by atoms with Gasteiger partial charge in [-0.15, -0.1) is 0 Å². The normalized spacial score (nSPS) is 12.4. The number of hydrogen-bond donors (Lipinski definition) is 1. The molecule has 1 unspecified atom stereocenters. The van der Waals surface area contributed by atoms with Gasteiger partial charge >= 0.3 is 12.1 Å². The van der Waals surface area contributed by atoms with Crippen LogP contribution in [0, 0.1) is 5.82 Å². The van der Waals surface area contributed by atoms with Crippen LogP contribution in [-0.4, -0.2) is 11.1 Å². The zero-order chi connectivity index (χ0) is 23.3. The second-order valence-electron chi connectivity index (χ2n) is 7.51. The summed E-state index contributed by atoms with van der Waals surface area (Å²) >= 11 is 0. The number of hydrogen-bond acceptors (Lipinski definition) is 2. The zero-order valence-corrected chi connectivity index (χ0v) is 17.3. The molecule has 32 heavy (non-hydrogen) atoms. The molecule has 0 spiro atoms. The molecule has 1 atom stereocenters. The number of halogens is 4. The predicted molar refractivity (Wildman–Crippen MR) is 113 cm³/mol. The highest BCUT2D eigenvalue weighted by atomic mass is 19.4. The Balaban J connectivity index is 2.04. The van der Waals surface area contributed by atoms with Crippen LogP contribution in [-0.2, 0) is 11.0 Å². The number of carboxylic acid groups (broad SMARTS) is 1. The first-order chi connectivity index (χ1) is 15.2. The molecule has 1 N–H and O–H groups in total. The molecule has 0 aliphatic heterocycles. The topological polar surface area (TPSA) is 46.5 Å². The molecule has 0 heterocycles. The SMILES string of the molecule is CCCC(CC(=O)O)c1cc(Oc2ccc(F)cc2)cc(-c2ccc(C(F)(F)F)cc2)c1. The summed E-state index contributed by atoms with van der Waals surface area (Å²) in [6, 6.07) is 15.3. The highest BCUT2D eigenvalue weighted by Crippen LogP contribution is 2.36. The molecular formula is C25H22F4O3. The molecule has 0 aliphatic rings. The highest BCUT2D eigenvalue weighted by molar-refractivity contribution is 5.70. The van der Waals surface area contributed by atoms with Gasteiger partial charge in [0.05, 0.1) is 12.0 Å². The van der Waals surface area contributed by atoms with Gasteiger partial charge in [0.1, 0.15) is 17.3 Å². The van der Waals surface area contributed by atoms with E-state index in [1.807, 2.05) is 6.92 Å². The molecule has 168 valence electrons. The molecule has 0 amide bonds. The molecular weight excluding hydrogens is 424 g/mol. The third kappa shape index (κ3) is 6.09. The summed E-state index contributed by atoms with van der Waals surface area (Å²) in [4.78, 5) is 11.4. The van der Waals surface area contributed by atoms with E-state index in [9.17, 15) is 27.5 Å². The van der Waals surface area contributed by atoms with Gasteiger partial charge in [0.15, 0.2) is 0 Å². The first-order valence-corrected chi connectivity index (χ1v) is 10.1. The van der Waals surface area contributed by atoms with Crippen LogP contribution in [0.25, 0.3) is 11.1 Å². The van der Waals surface area contributed by atoms with Crippen molar-refractivity contribution < 1.29 is 32.2 Å². The lowest BCUT2D eigenvalue weighted by molar-refractivity contribution is -0.138. The molecule has 3 aromatic carbocycles. The fourth-order valence-corrected chi connectivity index (χ4v) is 3.52. The standard InChI is InChI=1S/C25H22F4O3/c1-2-3-17(15-24(30)31)19-12-18(16-4-6-20(7-5-16)25(27,28)29)13-23(14-19)32-22-10-8-21(26)9-11-22/h4-14,17H,2-3,15H2,1H3,(H,30,31). The van der Waals surface area contributed by atoms with E-state index in [1.54, 1.807) is 18.2 Å². The maximum Gasteiger partial charge on any atom is 0.416 e. The first-order valence-electron chi connectivity index (χ1n) is 10.1. The van der Waals surface area contributed by atoms with Gasteiger partial charge < -0.3 is 9.84 Å². The van der Waals surface area contributed by atoms with Gasteiger partial charge in [-0.2, -0.15) is 13.2 Å². The number of aliphatic carboxylic acids is 1. The van der Waals surface area contributed by atoms with E-state index >= 15 is 0 Å². The second kappa shape index (κ2) is 9.85. The number of benzene rings is 3. The average Bonchev–Trinajstić information content (AvgIpc) is 2.74. The summed E-state index contributed by atoms with van der Waals surface area (Å²) in [6.07, 6.45) is -3.14. The van der Waals surface area contributed by atoms with Crippen molar-refractivity contribution in [3.05, 3.63) is 83.7 Å². The molecule has 3 rings (SSSR count). The van der Waals surface area contributed by atoms with Crippen molar-refractivity contribution in [3.63, 3.8) is 0 Å². The van der Waals surface area contributed by atoms with Gasteiger partial charge in [0, 0.05) is 0 Å². The number of ether oxygens (including phenoxy) is 1. The van der Waals surface area contributed by atoms with Gasteiger partial charge in [-0.3, -0.25) is 4.79 Å². The summed E-state index contributed by atoms with van der Waals surface area (Å²) in [6.45, 7) is 1.95. The van der Waals surface area contributed by atoms with Gasteiger partial charge in [-0.05, 0) is 77.6 Å². The van der Waals surface area contributed by atoms with Gasteiger partial charge in [0.25, 0.3) is 0 Å². The summed E-state index contributed by atoms with van der Waals surface area (Å²) in [5, 5.41) is 9.32. The van der Waals surface area contributed by atoms with E-state index < -0.39 is 23.5 Å². The van der Waals surface area contributed by atoms with E-state index in [0.29, 0.717) is 34.6 Å². The van der Waals surface area contributed by atoms with Gasteiger partial charge in [0.2, 0.25) is 0 Å². The van der Waals surface area contributed by atoms with E-state index in [1.165, 1.54) is 36.4 Å². The second-order valence-corrected chi connectivity index (χ2v) is 7.51. The maximum absolute atomic E-state index is 13.2. The Morgan fingerprint density at radius 1 is 0.938 bits per heavy atom. The van der Waals surface area contributed by atoms with Crippen LogP contribution in [0.3, 0.4) is 0 Å². The van der Waals surface area contributed by atoms with Crippen molar-refractivity contribution in [1.29, 1.82) is 0 Å². The zero-order valence-electron chi connectivity index (χ0n) is 17.3. The van der Waals surface area contributed by atoms with Gasteiger partial charge in [-0.1, -0.05) is 31.5 Å². The Bertz CT molecular complexity index is 1060. The van der Waals surface area contributed by atoms with E-state index in [-0.39, 0.29) is 12.3 Å². The minimum Gasteiger partial charge on any atom is -0.481 e. The number of alkyl halides is 3. The summed E-state index contributed by atoms with van der Waals surface area (Å²) in [7, 11) is 0. The quantitative estimate of drug-likeness (QED) is 0.361. The van der Waals surface area contributed by atoms with Crippen LogP contribution in [0.5, 0.6) is 11.5 Å². The molecule has 0 aromatic heterocycles. The fraction of sp³-hybridized carbons (Fsp3) is 0.240. The Kier molecular flexibility index (Phi) is 7.18. The molecule has 3 nitrogen and oxygen atoms in total. The van der Waals surface area contributed by atoms with Crippen molar-refractivity contribution in [2.45, 2.75) is 38.3 Å². The summed E-state index contributed by atoms with van der Waals surface area (Å²) in [5.74, 6) is -0.879. The van der Waals surface area contributed by atoms with Crippen molar-refractivity contribution in [3.8, 4) is 22.6 Å². The smallest absolute Gasteiger partial charge is 0.416 e. The number of carbonyl (C=O) groups is 1. The van der Waals surface area contributed by atoms with Crippen LogP contribution >= 0.6 is 0 Å². The minimum atomic E-state index is -4.44. The lowest BCUT2D eigenvalue weighted by Gasteiger charge is -2.18. The van der Waals surface area contributed by atoms with Crippen LogP contribution in [0.2, 0.25) is 0 Å². The molecule has 3 aromatic rings. The van der Waals surface area contributed by atoms with Crippen LogP contribution < -0.4 is 4.74 Å². The lowest BCUT2D eigenvalue weighted by Crippen LogP contribution is -2.07. The molecule has 0 saturated heterocycles.